The molecule has 2 amide bonds. The highest BCUT2D eigenvalue weighted by Gasteiger charge is 2.27. The Bertz CT molecular complexity index is 1740. The van der Waals surface area contributed by atoms with Gasteiger partial charge in [-0.25, -0.2) is 23.9 Å². The van der Waals surface area contributed by atoms with Crippen LogP contribution in [0, 0.1) is 11.6 Å². The second-order valence-electron chi connectivity index (χ2n) is 10.9. The molecular formula is C30H35F2N5O6S. The van der Waals surface area contributed by atoms with Gasteiger partial charge in [-0.1, -0.05) is 18.2 Å². The van der Waals surface area contributed by atoms with Crippen LogP contribution in [0.1, 0.15) is 25.0 Å². The molecule has 0 saturated heterocycles. The molecule has 0 unspecified atom stereocenters. The van der Waals surface area contributed by atoms with Crippen LogP contribution in [0.3, 0.4) is 0 Å². The number of ether oxygens (including phenoxy) is 1. The maximum absolute atomic E-state index is 14.8. The van der Waals surface area contributed by atoms with Crippen LogP contribution in [0.2, 0.25) is 0 Å². The lowest BCUT2D eigenvalue weighted by Gasteiger charge is -2.20. The Morgan fingerprint density at radius 2 is 1.70 bits per heavy atom. The number of hydroxylamine groups is 1. The van der Waals surface area contributed by atoms with Gasteiger partial charge in [-0.3, -0.25) is 23.7 Å². The Kier molecular flexibility index (Phi) is 10.3. The summed E-state index contributed by atoms with van der Waals surface area (Å²) in [5.41, 5.74) is 0.728. The number of hydrogen-bond acceptors (Lipinski definition) is 8. The van der Waals surface area contributed by atoms with Gasteiger partial charge in [0.1, 0.15) is 16.5 Å². The number of carbonyl (C=O) groups excluding carboxylic acids is 1. The molecule has 0 aliphatic rings. The van der Waals surface area contributed by atoms with Crippen molar-refractivity contribution in [2.45, 2.75) is 39.1 Å². The van der Waals surface area contributed by atoms with Crippen molar-refractivity contribution in [3.63, 3.8) is 0 Å². The molecule has 2 heterocycles. The number of thiophene rings is 1. The summed E-state index contributed by atoms with van der Waals surface area (Å²) in [6.07, 6.45) is 0. The van der Waals surface area contributed by atoms with E-state index in [9.17, 15) is 28.3 Å². The van der Waals surface area contributed by atoms with Crippen molar-refractivity contribution in [3.8, 4) is 10.4 Å². The van der Waals surface area contributed by atoms with E-state index >= 15 is 0 Å². The lowest BCUT2D eigenvalue weighted by molar-refractivity contribution is 0.0588. The highest BCUT2D eigenvalue weighted by atomic mass is 32.1. The number of halogens is 2. The molecule has 0 radical (unpaired) electrons. The molecule has 4 aromatic rings. The van der Waals surface area contributed by atoms with Crippen LogP contribution >= 0.6 is 11.3 Å². The number of likely N-dealkylation sites (N-methyl/N-ethyl adjacent to an activating group) is 1. The van der Waals surface area contributed by atoms with E-state index in [0.29, 0.717) is 34.8 Å². The summed E-state index contributed by atoms with van der Waals surface area (Å²) in [5, 5.41) is 13.4. The molecule has 236 valence electrons. The van der Waals surface area contributed by atoms with Crippen molar-refractivity contribution in [3.05, 3.63) is 86.1 Å². The summed E-state index contributed by atoms with van der Waals surface area (Å²) in [5.74, 6) is -1.66. The number of urea groups is 1. The fraction of sp³-hybridized carbons (Fsp3) is 0.367. The molecule has 4 rings (SSSR count). The summed E-state index contributed by atoms with van der Waals surface area (Å²) in [4.78, 5) is 47.2. The van der Waals surface area contributed by atoms with E-state index in [1.54, 1.807) is 31.4 Å². The summed E-state index contributed by atoms with van der Waals surface area (Å²) in [7, 11) is 4.75. The summed E-state index contributed by atoms with van der Waals surface area (Å²) in [6.45, 7) is 3.35. The van der Waals surface area contributed by atoms with Crippen LogP contribution in [0.25, 0.3) is 20.7 Å². The van der Waals surface area contributed by atoms with Crippen LogP contribution in [0.15, 0.2) is 52.1 Å². The number of fused-ring (bicyclic) bond motifs is 1. The van der Waals surface area contributed by atoms with Crippen molar-refractivity contribution < 1.29 is 28.3 Å². The molecule has 14 heteroatoms. The summed E-state index contributed by atoms with van der Waals surface area (Å²) < 4.78 is 36.9. The van der Waals surface area contributed by atoms with E-state index < -0.39 is 41.1 Å². The molecule has 0 saturated carbocycles. The highest BCUT2D eigenvalue weighted by Crippen LogP contribution is 2.38. The molecule has 0 bridgehead atoms. The Hall–Kier alpha value is -3.95. The van der Waals surface area contributed by atoms with E-state index in [2.05, 4.69) is 15.6 Å². The lowest BCUT2D eigenvalue weighted by Crippen LogP contribution is -2.45. The quantitative estimate of drug-likeness (QED) is 0.203. The van der Waals surface area contributed by atoms with E-state index in [0.717, 1.165) is 28.0 Å². The van der Waals surface area contributed by atoms with E-state index in [-0.39, 0.29) is 28.9 Å². The van der Waals surface area contributed by atoms with Gasteiger partial charge in [0.25, 0.3) is 5.56 Å². The average Bonchev–Trinajstić information content (AvgIpc) is 3.32. The number of nitrogens with zero attached hydrogens (tertiary/aromatic N) is 3. The van der Waals surface area contributed by atoms with Crippen LogP contribution in [-0.4, -0.2) is 65.2 Å². The third-order valence-electron chi connectivity index (χ3n) is 6.78. The molecule has 0 spiro atoms. The van der Waals surface area contributed by atoms with Crippen LogP contribution in [0.5, 0.6) is 0 Å². The molecule has 44 heavy (non-hydrogen) atoms. The number of aliphatic hydroxyl groups is 1. The van der Waals surface area contributed by atoms with Gasteiger partial charge < -0.3 is 15.2 Å². The first kappa shape index (κ1) is 33.0. The minimum absolute atomic E-state index is 0.205. The fourth-order valence-electron chi connectivity index (χ4n) is 4.76. The number of rotatable bonds is 12. The molecule has 3 N–H and O–H groups in total. The molecule has 0 atom stereocenters. The molecule has 0 aliphatic carbocycles. The standard InChI is InChI=1S/C30H35F2N5O6S/c1-30(2,41)17-37-26(38)24-21(15-35(3)13-14-42-4)25(18-9-11-19(12-10-18)33-28(39)34-43-5)44-27(24)36(29(37)40)16-20-22(31)7-6-8-23(20)32/h6-12,41H,13-17H2,1-5H3,(H2,33,34,39). The number of nitrogens with one attached hydrogen (secondary N) is 2. The van der Waals surface area contributed by atoms with Crippen LogP contribution < -0.4 is 22.0 Å². The number of methoxy groups -OCH3 is 1. The minimum atomic E-state index is -1.44. The van der Waals surface area contributed by atoms with Gasteiger partial charge in [-0.2, -0.15) is 0 Å². The minimum Gasteiger partial charge on any atom is -0.389 e. The number of amides is 2. The Morgan fingerprint density at radius 3 is 2.30 bits per heavy atom. The first-order chi connectivity index (χ1) is 20.8. The highest BCUT2D eigenvalue weighted by molar-refractivity contribution is 7.22. The van der Waals surface area contributed by atoms with Crippen LogP contribution in [-0.2, 0) is 29.2 Å². The molecule has 2 aromatic carbocycles. The maximum atomic E-state index is 14.8. The zero-order valence-corrected chi connectivity index (χ0v) is 25.9. The van der Waals surface area contributed by atoms with Crippen LogP contribution in [0.4, 0.5) is 19.3 Å². The largest absolute Gasteiger partial charge is 0.389 e. The number of hydrogen-bond donors (Lipinski definition) is 3. The van der Waals surface area contributed by atoms with Crippen molar-refractivity contribution in [1.82, 2.24) is 19.5 Å². The van der Waals surface area contributed by atoms with E-state index in [1.165, 1.54) is 31.6 Å². The SMILES string of the molecule is COCCN(C)Cc1c(-c2ccc(NC(=O)NOC)cc2)sc2c1c(=O)n(CC(C)(C)O)c(=O)n2Cc1c(F)cccc1F. The first-order valence-electron chi connectivity index (χ1n) is 13.7. The number of benzene rings is 2. The Morgan fingerprint density at radius 1 is 1.05 bits per heavy atom. The van der Waals surface area contributed by atoms with Crippen molar-refractivity contribution in [1.29, 1.82) is 0 Å². The Labute approximate surface area is 256 Å². The second kappa shape index (κ2) is 13.8. The van der Waals surface area contributed by atoms with Gasteiger partial charge in [0.15, 0.2) is 0 Å². The van der Waals surface area contributed by atoms with Crippen molar-refractivity contribution in [2.24, 2.45) is 0 Å². The Balaban J connectivity index is 1.99. The van der Waals surface area contributed by atoms with Gasteiger partial charge >= 0.3 is 11.7 Å². The number of anilines is 1. The predicted octanol–water partition coefficient (Wildman–Crippen LogP) is 3.75. The average molecular weight is 632 g/mol. The summed E-state index contributed by atoms with van der Waals surface area (Å²) in [6, 6.07) is 9.71. The van der Waals surface area contributed by atoms with Gasteiger partial charge in [0.05, 0.1) is 37.8 Å². The van der Waals surface area contributed by atoms with Gasteiger partial charge in [-0.15, -0.1) is 11.3 Å². The normalized spacial score (nSPS) is 11.8. The van der Waals surface area contributed by atoms with Gasteiger partial charge in [0, 0.05) is 36.3 Å². The van der Waals surface area contributed by atoms with Crippen molar-refractivity contribution >= 4 is 33.3 Å². The third kappa shape index (κ3) is 7.39. The molecule has 2 aromatic heterocycles. The fourth-order valence-corrected chi connectivity index (χ4v) is 6.06. The number of aromatic nitrogens is 2. The van der Waals surface area contributed by atoms with Crippen molar-refractivity contribution in [2.75, 3.05) is 39.7 Å². The third-order valence-corrected chi connectivity index (χ3v) is 8.09. The van der Waals surface area contributed by atoms with Gasteiger partial charge in [-0.05, 0) is 56.3 Å². The summed E-state index contributed by atoms with van der Waals surface area (Å²) >= 11 is 1.15. The zero-order chi connectivity index (χ0) is 32.2. The van der Waals surface area contributed by atoms with Gasteiger partial charge in [0.2, 0.25) is 0 Å². The zero-order valence-electron chi connectivity index (χ0n) is 25.1. The molecular weight excluding hydrogens is 596 g/mol. The topological polar surface area (TPSA) is 127 Å². The number of carbonyl (C=O) groups is 1. The molecule has 0 fully saturated rings. The second-order valence-corrected chi connectivity index (χ2v) is 11.9. The molecule has 11 nitrogen and oxygen atoms in total. The smallest absolute Gasteiger partial charge is 0.343 e. The molecule has 0 aliphatic heterocycles. The monoisotopic (exact) mass is 631 g/mol. The van der Waals surface area contributed by atoms with E-state index in [1.807, 2.05) is 11.9 Å². The lowest BCUT2D eigenvalue weighted by atomic mass is 10.1. The predicted molar refractivity (Wildman–Crippen MR) is 165 cm³/mol. The van der Waals surface area contributed by atoms with E-state index in [4.69, 9.17) is 4.74 Å². The maximum Gasteiger partial charge on any atom is 0.343 e. The first-order valence-corrected chi connectivity index (χ1v) is 14.5.